The number of hydrogen-bond donors (Lipinski definition) is 1. The van der Waals surface area contributed by atoms with Gasteiger partial charge in [-0.1, -0.05) is 28.9 Å². The van der Waals surface area contributed by atoms with Gasteiger partial charge in [0.1, 0.15) is 11.5 Å². The molecule has 0 bridgehead atoms. The van der Waals surface area contributed by atoms with E-state index in [2.05, 4.69) is 15.6 Å². The number of hydrogen-bond acceptors (Lipinski definition) is 6. The molecule has 0 radical (unpaired) electrons. The number of ether oxygens (including phenoxy) is 2. The lowest BCUT2D eigenvalue weighted by molar-refractivity contribution is 0.0299. The third-order valence-corrected chi connectivity index (χ3v) is 5.35. The van der Waals surface area contributed by atoms with Crippen LogP contribution in [0.1, 0.15) is 22.5 Å². The van der Waals surface area contributed by atoms with Crippen LogP contribution < -0.4 is 10.1 Å². The van der Waals surface area contributed by atoms with Gasteiger partial charge in [0.15, 0.2) is 5.69 Å². The van der Waals surface area contributed by atoms with Crippen molar-refractivity contribution in [1.82, 2.24) is 25.2 Å². The minimum absolute atomic E-state index is 0.0823. The minimum Gasteiger partial charge on any atom is -0.457 e. The minimum atomic E-state index is -0.0823. The Balaban J connectivity index is 1.15. The number of morpholine rings is 1. The molecular weight excluding hydrogens is 430 g/mol. The molecule has 2 heterocycles. The van der Waals surface area contributed by atoms with E-state index in [0.29, 0.717) is 43.6 Å². The third-order valence-electron chi connectivity index (χ3n) is 5.10. The van der Waals surface area contributed by atoms with E-state index in [1.165, 1.54) is 5.56 Å². The zero-order chi connectivity index (χ0) is 22.2. The Labute approximate surface area is 192 Å². The molecule has 8 nitrogen and oxygen atoms in total. The van der Waals surface area contributed by atoms with Crippen molar-refractivity contribution in [2.75, 3.05) is 32.8 Å². The summed E-state index contributed by atoms with van der Waals surface area (Å²) in [5.41, 5.74) is 1.56. The largest absolute Gasteiger partial charge is 0.457 e. The quantitative estimate of drug-likeness (QED) is 0.498. The summed E-state index contributed by atoms with van der Waals surface area (Å²) >= 11 is 5.89. The lowest BCUT2D eigenvalue weighted by atomic mass is 10.2. The summed E-state index contributed by atoms with van der Waals surface area (Å²) in [7, 11) is 0. The molecule has 0 aliphatic carbocycles. The van der Waals surface area contributed by atoms with E-state index in [0.717, 1.165) is 31.0 Å². The molecule has 1 aromatic heterocycles. The number of rotatable bonds is 9. The Morgan fingerprint density at radius 1 is 1.06 bits per heavy atom. The lowest BCUT2D eigenvalue weighted by Crippen LogP contribution is -2.40. The van der Waals surface area contributed by atoms with E-state index in [1.807, 2.05) is 36.4 Å². The first kappa shape index (κ1) is 22.3. The summed E-state index contributed by atoms with van der Waals surface area (Å²) in [5.74, 6) is 1.45. The van der Waals surface area contributed by atoms with E-state index >= 15 is 0 Å². The SMILES string of the molecule is O=C(c1cn(CCCNCc2ccc(Oc3ccc(Cl)cc3)cc2)nn1)N1CCOCC1. The standard InChI is InChI=1S/C23H26ClN5O3/c24-19-4-8-21(9-5-19)32-20-6-2-18(3-7-20)16-25-10-1-11-29-17-22(26-27-29)23(30)28-12-14-31-15-13-28/h2-9,17,25H,1,10-16H2. The molecule has 1 amide bonds. The highest BCUT2D eigenvalue weighted by atomic mass is 35.5. The van der Waals surface area contributed by atoms with Gasteiger partial charge in [0.05, 0.1) is 19.4 Å². The second-order valence-electron chi connectivity index (χ2n) is 7.50. The van der Waals surface area contributed by atoms with Gasteiger partial charge < -0.3 is 19.7 Å². The van der Waals surface area contributed by atoms with E-state index in [-0.39, 0.29) is 5.91 Å². The highest BCUT2D eigenvalue weighted by molar-refractivity contribution is 6.30. The number of aromatic nitrogens is 3. The van der Waals surface area contributed by atoms with Crippen LogP contribution in [-0.4, -0.2) is 58.6 Å². The molecule has 32 heavy (non-hydrogen) atoms. The first-order valence-corrected chi connectivity index (χ1v) is 11.1. The monoisotopic (exact) mass is 455 g/mol. The number of carbonyl (C=O) groups is 1. The third kappa shape index (κ3) is 6.29. The van der Waals surface area contributed by atoms with Crippen molar-refractivity contribution in [1.29, 1.82) is 0 Å². The van der Waals surface area contributed by atoms with Gasteiger partial charge >= 0.3 is 0 Å². The van der Waals surface area contributed by atoms with Crippen molar-refractivity contribution >= 4 is 17.5 Å². The van der Waals surface area contributed by atoms with Crippen molar-refractivity contribution in [2.45, 2.75) is 19.5 Å². The first-order chi connectivity index (χ1) is 15.7. The fraction of sp³-hybridized carbons (Fsp3) is 0.348. The van der Waals surface area contributed by atoms with Gasteiger partial charge in [-0.15, -0.1) is 5.10 Å². The van der Waals surface area contributed by atoms with Gasteiger partial charge in [-0.3, -0.25) is 9.48 Å². The van der Waals surface area contributed by atoms with Crippen molar-refractivity contribution in [2.24, 2.45) is 0 Å². The molecule has 0 spiro atoms. The highest BCUT2D eigenvalue weighted by Crippen LogP contribution is 2.23. The van der Waals surface area contributed by atoms with E-state index < -0.39 is 0 Å². The summed E-state index contributed by atoms with van der Waals surface area (Å²) < 4.78 is 12.8. The maximum Gasteiger partial charge on any atom is 0.276 e. The van der Waals surface area contributed by atoms with Crippen LogP contribution >= 0.6 is 11.6 Å². The van der Waals surface area contributed by atoms with Crippen LogP contribution in [0.15, 0.2) is 54.7 Å². The van der Waals surface area contributed by atoms with Crippen molar-refractivity contribution in [3.63, 3.8) is 0 Å². The van der Waals surface area contributed by atoms with Crippen LogP contribution in [0.2, 0.25) is 5.02 Å². The summed E-state index contributed by atoms with van der Waals surface area (Å²) in [6, 6.07) is 15.3. The second-order valence-corrected chi connectivity index (χ2v) is 7.94. The van der Waals surface area contributed by atoms with Crippen LogP contribution in [0.25, 0.3) is 0 Å². The van der Waals surface area contributed by atoms with Gasteiger partial charge in [0.2, 0.25) is 0 Å². The predicted octanol–water partition coefficient (Wildman–Crippen LogP) is 3.38. The molecule has 1 aliphatic heterocycles. The summed E-state index contributed by atoms with van der Waals surface area (Å²) in [4.78, 5) is 14.2. The van der Waals surface area contributed by atoms with Crippen molar-refractivity contribution in [3.05, 3.63) is 71.0 Å². The molecule has 9 heteroatoms. The van der Waals surface area contributed by atoms with Gasteiger partial charge in [-0.2, -0.15) is 0 Å². The van der Waals surface area contributed by atoms with E-state index in [9.17, 15) is 4.79 Å². The molecule has 1 aliphatic rings. The van der Waals surface area contributed by atoms with Crippen LogP contribution in [-0.2, 0) is 17.8 Å². The number of halogens is 1. The summed E-state index contributed by atoms with van der Waals surface area (Å²) in [5, 5.41) is 12.2. The number of aryl methyl sites for hydroxylation is 1. The lowest BCUT2D eigenvalue weighted by Gasteiger charge is -2.25. The number of nitrogens with one attached hydrogen (secondary N) is 1. The fourth-order valence-corrected chi connectivity index (χ4v) is 3.47. The normalized spacial score (nSPS) is 13.8. The number of carbonyl (C=O) groups excluding carboxylic acids is 1. The van der Waals surface area contributed by atoms with E-state index in [1.54, 1.807) is 27.9 Å². The fourth-order valence-electron chi connectivity index (χ4n) is 3.35. The van der Waals surface area contributed by atoms with Gasteiger partial charge in [-0.25, -0.2) is 0 Å². The summed E-state index contributed by atoms with van der Waals surface area (Å²) in [6.07, 6.45) is 2.60. The molecule has 0 atom stereocenters. The molecule has 0 unspecified atom stereocenters. The molecule has 168 valence electrons. The Morgan fingerprint density at radius 2 is 1.75 bits per heavy atom. The van der Waals surface area contributed by atoms with Crippen LogP contribution in [0, 0.1) is 0 Å². The molecular formula is C23H26ClN5O3. The summed E-state index contributed by atoms with van der Waals surface area (Å²) in [6.45, 7) is 4.64. The Morgan fingerprint density at radius 3 is 2.47 bits per heavy atom. The highest BCUT2D eigenvalue weighted by Gasteiger charge is 2.21. The number of benzene rings is 2. The average molecular weight is 456 g/mol. The smallest absolute Gasteiger partial charge is 0.276 e. The maximum atomic E-state index is 12.4. The van der Waals surface area contributed by atoms with Crippen molar-refractivity contribution < 1.29 is 14.3 Å². The van der Waals surface area contributed by atoms with Crippen LogP contribution in [0.5, 0.6) is 11.5 Å². The molecule has 1 N–H and O–H groups in total. The zero-order valence-electron chi connectivity index (χ0n) is 17.7. The molecule has 3 aromatic rings. The number of nitrogens with zero attached hydrogens (tertiary/aromatic N) is 4. The molecule has 1 fully saturated rings. The van der Waals surface area contributed by atoms with Gasteiger partial charge in [0.25, 0.3) is 5.91 Å². The van der Waals surface area contributed by atoms with Crippen LogP contribution in [0.4, 0.5) is 0 Å². The maximum absolute atomic E-state index is 12.4. The van der Waals surface area contributed by atoms with E-state index in [4.69, 9.17) is 21.1 Å². The topological polar surface area (TPSA) is 81.5 Å². The first-order valence-electron chi connectivity index (χ1n) is 10.7. The molecule has 1 saturated heterocycles. The van der Waals surface area contributed by atoms with Gasteiger partial charge in [-0.05, 0) is 54.9 Å². The molecule has 0 saturated carbocycles. The Bertz CT molecular complexity index is 1000. The van der Waals surface area contributed by atoms with Crippen molar-refractivity contribution in [3.8, 4) is 11.5 Å². The molecule has 4 rings (SSSR count). The molecule has 2 aromatic carbocycles. The predicted molar refractivity (Wildman–Crippen MR) is 121 cm³/mol. The average Bonchev–Trinajstić information content (AvgIpc) is 3.30. The Kier molecular flexibility index (Phi) is 7.71. The number of amides is 1. The Hall–Kier alpha value is -2.94. The van der Waals surface area contributed by atoms with Gasteiger partial charge in [0, 0.05) is 31.2 Å². The van der Waals surface area contributed by atoms with Crippen LogP contribution in [0.3, 0.4) is 0 Å². The zero-order valence-corrected chi connectivity index (χ0v) is 18.5. The second kappa shape index (κ2) is 11.1.